The van der Waals surface area contributed by atoms with Crippen molar-refractivity contribution < 1.29 is 4.74 Å². The number of nitrogens with zero attached hydrogens (tertiary/aromatic N) is 1. The lowest BCUT2D eigenvalue weighted by molar-refractivity contribution is 0.417. The van der Waals surface area contributed by atoms with E-state index in [1.165, 1.54) is 27.7 Å². The number of rotatable bonds is 4. The van der Waals surface area contributed by atoms with Gasteiger partial charge in [0.15, 0.2) is 0 Å². The van der Waals surface area contributed by atoms with Crippen LogP contribution < -0.4 is 10.5 Å². The van der Waals surface area contributed by atoms with Crippen molar-refractivity contribution >= 4 is 10.9 Å². The molecule has 0 saturated heterocycles. The van der Waals surface area contributed by atoms with E-state index in [0.717, 1.165) is 25.1 Å². The molecule has 0 amide bonds. The lowest BCUT2D eigenvalue weighted by Crippen LogP contribution is -2.01. The van der Waals surface area contributed by atoms with Crippen LogP contribution in [0.2, 0.25) is 0 Å². The number of fused-ring (bicyclic) bond motifs is 1. The van der Waals surface area contributed by atoms with Crippen LogP contribution in [0.15, 0.2) is 12.1 Å². The Balaban J connectivity index is 2.74. The molecule has 0 bridgehead atoms. The van der Waals surface area contributed by atoms with Gasteiger partial charge in [0, 0.05) is 18.1 Å². The molecule has 1 heterocycles. The molecule has 0 spiro atoms. The van der Waals surface area contributed by atoms with Gasteiger partial charge in [-0.05, 0) is 50.4 Å². The van der Waals surface area contributed by atoms with Crippen molar-refractivity contribution in [2.75, 3.05) is 13.7 Å². The van der Waals surface area contributed by atoms with Gasteiger partial charge >= 0.3 is 0 Å². The quantitative estimate of drug-likeness (QED) is 0.901. The van der Waals surface area contributed by atoms with Crippen molar-refractivity contribution in [2.45, 2.75) is 26.7 Å². The molecule has 0 unspecified atom stereocenters. The summed E-state index contributed by atoms with van der Waals surface area (Å²) >= 11 is 0. The van der Waals surface area contributed by atoms with E-state index in [2.05, 4.69) is 31.5 Å². The van der Waals surface area contributed by atoms with Crippen molar-refractivity contribution in [3.8, 4) is 5.75 Å². The maximum atomic E-state index is 5.64. The first kappa shape index (κ1) is 13.0. The van der Waals surface area contributed by atoms with Crippen LogP contribution in [0.4, 0.5) is 0 Å². The second-order valence-corrected chi connectivity index (χ2v) is 4.82. The first-order valence-electron chi connectivity index (χ1n) is 6.43. The molecule has 0 atom stereocenters. The highest BCUT2D eigenvalue weighted by molar-refractivity contribution is 5.93. The molecular formula is C15H22N2O. The topological polar surface area (TPSA) is 40.2 Å². The zero-order valence-electron chi connectivity index (χ0n) is 11.7. The van der Waals surface area contributed by atoms with E-state index in [0.29, 0.717) is 0 Å². The van der Waals surface area contributed by atoms with E-state index in [1.54, 1.807) is 7.11 Å². The zero-order chi connectivity index (χ0) is 13.3. The summed E-state index contributed by atoms with van der Waals surface area (Å²) in [5, 5.41) is 1.34. The molecule has 2 aromatic rings. The summed E-state index contributed by atoms with van der Waals surface area (Å²) < 4.78 is 7.72. The Morgan fingerprint density at radius 2 is 2.00 bits per heavy atom. The molecule has 3 nitrogen and oxygen atoms in total. The summed E-state index contributed by atoms with van der Waals surface area (Å²) in [6, 6.07) is 4.18. The van der Waals surface area contributed by atoms with Gasteiger partial charge in [-0.25, -0.2) is 0 Å². The molecule has 18 heavy (non-hydrogen) atoms. The highest BCUT2D eigenvalue weighted by atomic mass is 16.5. The Bertz CT molecular complexity index is 570. The Labute approximate surface area is 109 Å². The van der Waals surface area contributed by atoms with Crippen molar-refractivity contribution in [1.29, 1.82) is 0 Å². The van der Waals surface area contributed by atoms with Crippen molar-refractivity contribution in [1.82, 2.24) is 4.57 Å². The van der Waals surface area contributed by atoms with Gasteiger partial charge in [0.1, 0.15) is 5.75 Å². The molecule has 0 aliphatic heterocycles. The minimum Gasteiger partial charge on any atom is -0.495 e. The molecule has 0 aliphatic carbocycles. The number of ether oxygens (including phenoxy) is 1. The predicted octanol–water partition coefficient (Wildman–Crippen LogP) is 2.70. The monoisotopic (exact) mass is 246 g/mol. The van der Waals surface area contributed by atoms with Gasteiger partial charge in [-0.2, -0.15) is 0 Å². The van der Waals surface area contributed by atoms with Crippen LogP contribution in [0, 0.1) is 13.8 Å². The second kappa shape index (κ2) is 5.02. The first-order valence-corrected chi connectivity index (χ1v) is 6.43. The van der Waals surface area contributed by atoms with Crippen molar-refractivity contribution in [3.63, 3.8) is 0 Å². The van der Waals surface area contributed by atoms with Gasteiger partial charge in [0.25, 0.3) is 0 Å². The third-order valence-corrected chi connectivity index (χ3v) is 3.78. The largest absolute Gasteiger partial charge is 0.495 e. The van der Waals surface area contributed by atoms with Gasteiger partial charge in [0.05, 0.1) is 12.6 Å². The molecule has 1 aromatic carbocycles. The summed E-state index contributed by atoms with van der Waals surface area (Å²) in [4.78, 5) is 0. The van der Waals surface area contributed by atoms with Crippen LogP contribution in [0.25, 0.3) is 10.9 Å². The Kier molecular flexibility index (Phi) is 3.62. The Morgan fingerprint density at radius 1 is 1.28 bits per heavy atom. The Morgan fingerprint density at radius 3 is 2.61 bits per heavy atom. The summed E-state index contributed by atoms with van der Waals surface area (Å²) in [6.07, 6.45) is 2.06. The number of aromatic nitrogens is 1. The fourth-order valence-electron chi connectivity index (χ4n) is 2.69. The third kappa shape index (κ3) is 1.89. The summed E-state index contributed by atoms with van der Waals surface area (Å²) in [7, 11) is 3.83. The number of hydrogen-bond donors (Lipinski definition) is 1. The number of aryl methyl sites for hydroxylation is 3. The molecule has 0 fully saturated rings. The summed E-state index contributed by atoms with van der Waals surface area (Å²) in [5.74, 6) is 0.945. The number of hydrogen-bond acceptors (Lipinski definition) is 2. The fourth-order valence-corrected chi connectivity index (χ4v) is 2.69. The van der Waals surface area contributed by atoms with E-state index < -0.39 is 0 Å². The molecule has 98 valence electrons. The van der Waals surface area contributed by atoms with Crippen LogP contribution in [0.1, 0.15) is 23.2 Å². The Hall–Kier alpha value is -1.48. The van der Waals surface area contributed by atoms with E-state index in [1.807, 2.05) is 6.07 Å². The van der Waals surface area contributed by atoms with E-state index in [4.69, 9.17) is 10.5 Å². The van der Waals surface area contributed by atoms with Crippen LogP contribution in [0.3, 0.4) is 0 Å². The summed E-state index contributed by atoms with van der Waals surface area (Å²) in [5.41, 5.74) is 10.9. The molecule has 3 heteroatoms. The van der Waals surface area contributed by atoms with Gasteiger partial charge in [0.2, 0.25) is 0 Å². The van der Waals surface area contributed by atoms with Crippen molar-refractivity contribution in [3.05, 3.63) is 29.0 Å². The van der Waals surface area contributed by atoms with E-state index >= 15 is 0 Å². The maximum absolute atomic E-state index is 5.64. The SMILES string of the molecule is COc1ccc(C)c2c(CCCN)c(C)n(C)c12. The number of nitrogens with two attached hydrogens (primary N) is 1. The first-order chi connectivity index (χ1) is 8.61. The molecule has 0 radical (unpaired) electrons. The molecule has 1 aromatic heterocycles. The van der Waals surface area contributed by atoms with Crippen LogP contribution in [-0.4, -0.2) is 18.2 Å². The van der Waals surface area contributed by atoms with E-state index in [-0.39, 0.29) is 0 Å². The molecular weight excluding hydrogens is 224 g/mol. The standard InChI is InChI=1S/C15H22N2O/c1-10-7-8-13(18-4)15-14(10)12(6-5-9-16)11(2)17(15)3/h7-8H,5-6,9,16H2,1-4H3. The van der Waals surface area contributed by atoms with Crippen molar-refractivity contribution in [2.24, 2.45) is 12.8 Å². The zero-order valence-corrected chi connectivity index (χ0v) is 11.7. The number of methoxy groups -OCH3 is 1. The van der Waals surface area contributed by atoms with Crippen LogP contribution in [0.5, 0.6) is 5.75 Å². The fraction of sp³-hybridized carbons (Fsp3) is 0.467. The van der Waals surface area contributed by atoms with Crippen LogP contribution in [-0.2, 0) is 13.5 Å². The third-order valence-electron chi connectivity index (χ3n) is 3.78. The van der Waals surface area contributed by atoms with Gasteiger partial charge < -0.3 is 15.0 Å². The molecule has 2 N–H and O–H groups in total. The van der Waals surface area contributed by atoms with Gasteiger partial charge in [-0.3, -0.25) is 0 Å². The lowest BCUT2D eigenvalue weighted by Gasteiger charge is -2.07. The highest BCUT2D eigenvalue weighted by Crippen LogP contribution is 2.34. The van der Waals surface area contributed by atoms with Gasteiger partial charge in [-0.1, -0.05) is 6.07 Å². The van der Waals surface area contributed by atoms with Crippen LogP contribution >= 0.6 is 0 Å². The average Bonchev–Trinajstić information content (AvgIpc) is 2.62. The molecule has 0 aliphatic rings. The number of benzene rings is 1. The minimum absolute atomic E-state index is 0.735. The average molecular weight is 246 g/mol. The normalized spacial score (nSPS) is 11.2. The predicted molar refractivity (Wildman–Crippen MR) is 76.3 cm³/mol. The smallest absolute Gasteiger partial charge is 0.143 e. The summed E-state index contributed by atoms with van der Waals surface area (Å²) in [6.45, 7) is 5.07. The maximum Gasteiger partial charge on any atom is 0.143 e. The lowest BCUT2D eigenvalue weighted by atomic mass is 10.0. The minimum atomic E-state index is 0.735. The molecule has 2 rings (SSSR count). The molecule has 0 saturated carbocycles. The second-order valence-electron chi connectivity index (χ2n) is 4.82. The van der Waals surface area contributed by atoms with E-state index in [9.17, 15) is 0 Å². The highest BCUT2D eigenvalue weighted by Gasteiger charge is 2.16. The van der Waals surface area contributed by atoms with Gasteiger partial charge in [-0.15, -0.1) is 0 Å².